The summed E-state index contributed by atoms with van der Waals surface area (Å²) in [5.41, 5.74) is 8.21. The number of hydrogen-bond acceptors (Lipinski definition) is 13. The van der Waals surface area contributed by atoms with Crippen molar-refractivity contribution in [2.75, 3.05) is 25.7 Å². The fraction of sp³-hybridized carbons (Fsp3) is 0.545. The van der Waals surface area contributed by atoms with Crippen molar-refractivity contribution in [3.63, 3.8) is 0 Å². The summed E-state index contributed by atoms with van der Waals surface area (Å²) < 4.78 is 23.1. The van der Waals surface area contributed by atoms with E-state index in [9.17, 15) is 19.2 Å². The Labute approximate surface area is 434 Å². The van der Waals surface area contributed by atoms with Gasteiger partial charge in [-0.1, -0.05) is 19.9 Å². The topological polar surface area (TPSA) is 209 Å². The van der Waals surface area contributed by atoms with Gasteiger partial charge in [0.05, 0.1) is 78.2 Å². The third-order valence-electron chi connectivity index (χ3n) is 16.7. The molecule has 5 aromatic rings. The maximum Gasteiger partial charge on any atom is 0.407 e. The monoisotopic (exact) mass is 1030 g/mol. The molecule has 4 N–H and O–H groups in total. The number of benzene rings is 2. The molecule has 0 radical (unpaired) electrons. The van der Waals surface area contributed by atoms with Crippen LogP contribution in [0.15, 0.2) is 48.9 Å². The van der Waals surface area contributed by atoms with Gasteiger partial charge in [0, 0.05) is 41.5 Å². The maximum atomic E-state index is 14.7. The van der Waals surface area contributed by atoms with Gasteiger partial charge in [-0.05, 0) is 137 Å². The zero-order valence-electron chi connectivity index (χ0n) is 43.1. The number of H-pyrrole nitrogens is 2. The lowest BCUT2D eigenvalue weighted by atomic mass is 9.85. The first-order valence-electron chi connectivity index (χ1n) is 26.5. The number of anilines is 1. The van der Waals surface area contributed by atoms with Crippen molar-refractivity contribution in [3.05, 3.63) is 87.1 Å². The van der Waals surface area contributed by atoms with Crippen LogP contribution >= 0.6 is 11.3 Å². The summed E-state index contributed by atoms with van der Waals surface area (Å²) in [6, 6.07) is 9.11. The van der Waals surface area contributed by atoms with Gasteiger partial charge in [0.2, 0.25) is 18.0 Å². The molecule has 7 aliphatic rings. The molecule has 3 aromatic heterocycles. The van der Waals surface area contributed by atoms with Crippen LogP contribution in [-0.2, 0) is 30.2 Å². The Morgan fingerprint density at radius 1 is 0.811 bits per heavy atom. The lowest BCUT2D eigenvalue weighted by Crippen LogP contribution is -2.55. The number of ether oxygens (including phenoxy) is 4. The maximum absolute atomic E-state index is 14.7. The fourth-order valence-corrected chi connectivity index (χ4v) is 14.0. The number of alkyl carbamates (subject to hydrolysis) is 2. The number of nitrogens with one attached hydrogen (secondary N) is 4. The number of aryl methyl sites for hydroxylation is 1. The molecule has 18 nitrogen and oxygen atoms in total. The first-order chi connectivity index (χ1) is 35.7. The van der Waals surface area contributed by atoms with Crippen LogP contribution < -0.4 is 20.3 Å². The lowest BCUT2D eigenvalue weighted by Gasteiger charge is -2.41. The van der Waals surface area contributed by atoms with Crippen LogP contribution in [0.4, 0.5) is 15.3 Å². The molecule has 3 saturated heterocycles. The lowest BCUT2D eigenvalue weighted by molar-refractivity contribution is -0.140. The van der Waals surface area contributed by atoms with Crippen LogP contribution in [0.2, 0.25) is 0 Å². The molecule has 2 aromatic carbocycles. The minimum Gasteiger partial charge on any atom is -0.465 e. The molecule has 19 heteroatoms. The fourth-order valence-electron chi connectivity index (χ4n) is 12.9. The first-order valence-corrected chi connectivity index (χ1v) is 27.3. The number of nitrogens with zero attached hydrogens (tertiary/aromatic N) is 6. The molecule has 4 unspecified atom stereocenters. The average Bonchev–Trinajstić information content (AvgIpc) is 3.86. The van der Waals surface area contributed by atoms with Gasteiger partial charge in [0.15, 0.2) is 0 Å². The molecule has 0 spiro atoms. The number of rotatable bonds is 12. The summed E-state index contributed by atoms with van der Waals surface area (Å²) in [6.07, 6.45) is 11.8. The molecule has 4 amide bonds. The molecule has 2 aliphatic carbocycles. The van der Waals surface area contributed by atoms with E-state index in [2.05, 4.69) is 62.8 Å². The second-order valence-electron chi connectivity index (χ2n) is 22.1. The summed E-state index contributed by atoms with van der Waals surface area (Å²) in [5.74, 6) is 2.74. The van der Waals surface area contributed by atoms with Crippen LogP contribution in [0.5, 0.6) is 5.75 Å². The largest absolute Gasteiger partial charge is 0.465 e. The number of aromatic amines is 2. The van der Waals surface area contributed by atoms with Crippen LogP contribution in [0.3, 0.4) is 0 Å². The van der Waals surface area contributed by atoms with Crippen molar-refractivity contribution in [2.45, 2.75) is 153 Å². The van der Waals surface area contributed by atoms with E-state index >= 15 is 0 Å². The smallest absolute Gasteiger partial charge is 0.407 e. The predicted octanol–water partition coefficient (Wildman–Crippen LogP) is 8.94. The average molecular weight is 1030 g/mol. The van der Waals surface area contributed by atoms with Crippen molar-refractivity contribution in [1.82, 2.24) is 45.4 Å². The van der Waals surface area contributed by atoms with Crippen molar-refractivity contribution >= 4 is 41.0 Å². The Balaban J connectivity index is 0.820. The van der Waals surface area contributed by atoms with Gasteiger partial charge in [0.1, 0.15) is 29.5 Å². The normalized spacial score (nSPS) is 27.4. The van der Waals surface area contributed by atoms with Crippen LogP contribution in [0.25, 0.3) is 22.5 Å². The highest BCUT2D eigenvalue weighted by atomic mass is 32.1. The molecular formula is C55H66N10O8S. The predicted molar refractivity (Wildman–Crippen MR) is 275 cm³/mol. The number of imidazole rings is 2. The third-order valence-corrected chi connectivity index (χ3v) is 17.8. The van der Waals surface area contributed by atoms with Crippen molar-refractivity contribution in [1.29, 1.82) is 0 Å². The highest BCUT2D eigenvalue weighted by Crippen LogP contribution is 2.56. The molecule has 12 rings (SSSR count). The van der Waals surface area contributed by atoms with Crippen molar-refractivity contribution in [3.8, 4) is 28.3 Å². The number of carbonyl (C=O) groups excluding carboxylic acids is 4. The zero-order valence-corrected chi connectivity index (χ0v) is 43.9. The molecule has 11 atom stereocenters. The Hall–Kier alpha value is -6.47. The minimum absolute atomic E-state index is 0.00669. The number of likely N-dealkylation sites (tertiary alicyclic amines) is 2. The Bertz CT molecular complexity index is 2990. The SMILES string of the molecule is COC(=O)NC(C(=O)N1[C@@H]2C[C@@H]2C[C@H]1c1ncc(-c2ccc3c(c2)CC2c4c(C)cc(-c5cnc([C@@H]6CCCN6C(=O)[C@@H](NC(=O)OC)C(C)C)[nH]5)cc4OC(c4cnc(C5CC5)s4)N32)[nH]1)C1C[C@@H](C)O[C@@H](C)C1. The number of fused-ring (bicyclic) bond motifs is 6. The molecular weight excluding hydrogens is 961 g/mol. The van der Waals surface area contributed by atoms with E-state index in [4.69, 9.17) is 33.9 Å². The van der Waals surface area contributed by atoms with Gasteiger partial charge in [-0.2, -0.15) is 0 Å². The Morgan fingerprint density at radius 3 is 2.24 bits per heavy atom. The van der Waals surface area contributed by atoms with Crippen LogP contribution in [0.1, 0.15) is 148 Å². The van der Waals surface area contributed by atoms with Gasteiger partial charge in [0.25, 0.3) is 0 Å². The molecule has 5 fully saturated rings. The summed E-state index contributed by atoms with van der Waals surface area (Å²) in [6.45, 7) is 10.6. The van der Waals surface area contributed by atoms with E-state index < -0.39 is 30.5 Å². The molecule has 74 heavy (non-hydrogen) atoms. The number of methoxy groups -OCH3 is 2. The highest BCUT2D eigenvalue weighted by molar-refractivity contribution is 7.11. The number of piperidine rings is 1. The van der Waals surface area contributed by atoms with Crippen molar-refractivity contribution < 1.29 is 38.1 Å². The third kappa shape index (κ3) is 8.76. The first kappa shape index (κ1) is 48.5. The van der Waals surface area contributed by atoms with Crippen LogP contribution in [0, 0.1) is 24.7 Å². The Morgan fingerprint density at radius 2 is 1.53 bits per heavy atom. The number of hydrogen-bond donors (Lipinski definition) is 4. The number of carbonyl (C=O) groups is 4. The number of amides is 4. The molecule has 0 bridgehead atoms. The van der Waals surface area contributed by atoms with Crippen molar-refractivity contribution in [2.24, 2.45) is 17.8 Å². The highest BCUT2D eigenvalue weighted by Gasteiger charge is 2.57. The second-order valence-corrected chi connectivity index (χ2v) is 23.2. The second kappa shape index (κ2) is 19.0. The molecule has 2 saturated carbocycles. The van der Waals surface area contributed by atoms with E-state index in [1.807, 2.05) is 56.1 Å². The Kier molecular flexibility index (Phi) is 12.5. The van der Waals surface area contributed by atoms with Gasteiger partial charge in [-0.3, -0.25) is 9.59 Å². The van der Waals surface area contributed by atoms with Gasteiger partial charge in [-0.15, -0.1) is 11.3 Å². The quantitative estimate of drug-likeness (QED) is 0.0924. The van der Waals surface area contributed by atoms with Crippen LogP contribution in [-0.4, -0.2) is 110 Å². The van der Waals surface area contributed by atoms with E-state index in [1.165, 1.54) is 19.8 Å². The molecule has 390 valence electrons. The minimum atomic E-state index is -0.728. The van der Waals surface area contributed by atoms with E-state index in [0.29, 0.717) is 37.0 Å². The molecule has 8 heterocycles. The number of thiazole rings is 1. The van der Waals surface area contributed by atoms with Gasteiger partial charge < -0.3 is 54.2 Å². The summed E-state index contributed by atoms with van der Waals surface area (Å²) in [5, 5.41) is 6.83. The van der Waals surface area contributed by atoms with E-state index in [0.717, 1.165) is 106 Å². The van der Waals surface area contributed by atoms with Gasteiger partial charge in [-0.25, -0.2) is 24.5 Å². The summed E-state index contributed by atoms with van der Waals surface area (Å²) >= 11 is 1.74. The number of aromatic nitrogens is 5. The summed E-state index contributed by atoms with van der Waals surface area (Å²) in [4.78, 5) is 82.8. The van der Waals surface area contributed by atoms with E-state index in [-0.39, 0.29) is 60.0 Å². The van der Waals surface area contributed by atoms with Gasteiger partial charge >= 0.3 is 12.2 Å². The summed E-state index contributed by atoms with van der Waals surface area (Å²) in [7, 11) is 2.63. The zero-order chi connectivity index (χ0) is 51.3. The molecule has 5 aliphatic heterocycles. The standard InChI is InChI=1S/C55H66N10O8S/c1-26(2)46(61-54(68)70-6)51(66)63-14-8-9-39(63)48-56-24-37(60-48)32-15-27(3)45-41-20-33-18-31(12-13-38(33)65(41)53(73-43(45)22-32)44-25-58-50(74-44)30-10-11-30)36-23-57-49(59-36)42-21-34-19-40(34)64(42)52(67)47(62-55(69)71-7)35-16-28(4)72-29(5)17-35/h12-13,15,18,22-26,28-30,34-35,39-42,46-47,53H,8-11,14,16-17,19-21H2,1-7H3,(H,56,60)(H,57,59)(H,61,68)(H,62,69)/t28-,29+,34-,35?,39+,40-,41?,42+,46+,47?,53?/m1/s1. The van der Waals surface area contributed by atoms with E-state index in [1.54, 1.807) is 11.3 Å².